The predicted octanol–water partition coefficient (Wildman–Crippen LogP) is 3.02. The molecule has 0 bridgehead atoms. The van der Waals surface area contributed by atoms with Gasteiger partial charge in [0, 0.05) is 12.8 Å². The molecule has 1 fully saturated rings. The van der Waals surface area contributed by atoms with E-state index in [0.29, 0.717) is 18.0 Å². The van der Waals surface area contributed by atoms with Gasteiger partial charge in [0.05, 0.1) is 13.7 Å². The van der Waals surface area contributed by atoms with Crippen molar-refractivity contribution in [3.05, 3.63) is 23.8 Å². The van der Waals surface area contributed by atoms with E-state index in [1.807, 2.05) is 6.92 Å². The number of carbonyl (C=O) groups is 2. The lowest BCUT2D eigenvalue weighted by Crippen LogP contribution is -2.44. The lowest BCUT2D eigenvalue weighted by Gasteiger charge is -2.26. The molecule has 0 radical (unpaired) electrons. The quantitative estimate of drug-likeness (QED) is 0.739. The van der Waals surface area contributed by atoms with Crippen molar-refractivity contribution in [2.24, 2.45) is 5.92 Å². The number of ether oxygens (including phenoxy) is 3. The number of rotatable bonds is 8. The first-order chi connectivity index (χ1) is 11.5. The molecule has 132 valence electrons. The van der Waals surface area contributed by atoms with Crippen LogP contribution < -0.4 is 10.1 Å². The van der Waals surface area contributed by atoms with E-state index in [9.17, 15) is 9.59 Å². The third kappa shape index (κ3) is 3.87. The Morgan fingerprint density at radius 1 is 1.29 bits per heavy atom. The van der Waals surface area contributed by atoms with Gasteiger partial charge in [-0.3, -0.25) is 4.79 Å². The first kappa shape index (κ1) is 18.3. The van der Waals surface area contributed by atoms with Crippen LogP contribution >= 0.6 is 0 Å². The van der Waals surface area contributed by atoms with Crippen molar-refractivity contribution in [3.8, 4) is 5.75 Å². The van der Waals surface area contributed by atoms with Crippen molar-refractivity contribution in [3.63, 3.8) is 0 Å². The van der Waals surface area contributed by atoms with Crippen LogP contribution in [0.4, 0.5) is 5.69 Å². The Balaban J connectivity index is 2.21. The minimum Gasteiger partial charge on any atom is -0.493 e. The van der Waals surface area contributed by atoms with Crippen LogP contribution in [-0.2, 0) is 14.3 Å². The maximum absolute atomic E-state index is 12.6. The van der Waals surface area contributed by atoms with Gasteiger partial charge in [-0.15, -0.1) is 0 Å². The van der Waals surface area contributed by atoms with Crippen molar-refractivity contribution < 1.29 is 23.8 Å². The van der Waals surface area contributed by atoms with Crippen LogP contribution in [0.2, 0.25) is 0 Å². The molecule has 0 saturated heterocycles. The third-order valence-electron chi connectivity index (χ3n) is 4.34. The summed E-state index contributed by atoms with van der Waals surface area (Å²) in [5.41, 5.74) is -0.0644. The van der Waals surface area contributed by atoms with Gasteiger partial charge in [-0.1, -0.05) is 6.92 Å². The minimum absolute atomic E-state index is 0.217. The molecule has 1 atom stereocenters. The molecule has 0 spiro atoms. The molecule has 1 aliphatic carbocycles. The zero-order valence-corrected chi connectivity index (χ0v) is 14.7. The Hall–Kier alpha value is -2.08. The smallest absolute Gasteiger partial charge is 0.341 e. The van der Waals surface area contributed by atoms with E-state index in [4.69, 9.17) is 14.2 Å². The van der Waals surface area contributed by atoms with Gasteiger partial charge in [0.2, 0.25) is 0 Å². The van der Waals surface area contributed by atoms with E-state index in [1.54, 1.807) is 32.2 Å². The first-order valence-electron chi connectivity index (χ1n) is 8.18. The van der Waals surface area contributed by atoms with E-state index in [0.717, 1.165) is 19.3 Å². The van der Waals surface area contributed by atoms with E-state index < -0.39 is 11.6 Å². The largest absolute Gasteiger partial charge is 0.493 e. The number of nitrogens with one attached hydrogen (secondary N) is 1. The summed E-state index contributed by atoms with van der Waals surface area (Å²) in [6, 6.07) is 4.94. The summed E-state index contributed by atoms with van der Waals surface area (Å²) in [5, 5.41) is 2.83. The second-order valence-electron chi connectivity index (χ2n) is 6.09. The minimum atomic E-state index is -0.858. The molecule has 1 saturated carbocycles. The second kappa shape index (κ2) is 7.66. The highest BCUT2D eigenvalue weighted by molar-refractivity contribution is 5.99. The van der Waals surface area contributed by atoms with Crippen LogP contribution in [0.1, 0.15) is 43.5 Å². The van der Waals surface area contributed by atoms with E-state index in [2.05, 4.69) is 5.32 Å². The predicted molar refractivity (Wildman–Crippen MR) is 90.3 cm³/mol. The van der Waals surface area contributed by atoms with Crippen molar-refractivity contribution in [1.82, 2.24) is 0 Å². The van der Waals surface area contributed by atoms with Crippen LogP contribution in [0.3, 0.4) is 0 Å². The molecule has 1 aliphatic rings. The zero-order chi connectivity index (χ0) is 17.7. The van der Waals surface area contributed by atoms with Crippen molar-refractivity contribution >= 4 is 17.6 Å². The summed E-state index contributed by atoms with van der Waals surface area (Å²) in [7, 11) is 2.85. The molecule has 1 aromatic carbocycles. The van der Waals surface area contributed by atoms with Crippen LogP contribution in [0.15, 0.2) is 18.2 Å². The summed E-state index contributed by atoms with van der Waals surface area (Å²) < 4.78 is 15.8. The molecular formula is C18H25NO5. The molecule has 0 aliphatic heterocycles. The van der Waals surface area contributed by atoms with Crippen LogP contribution in [-0.4, -0.2) is 38.3 Å². The van der Waals surface area contributed by atoms with Gasteiger partial charge in [0.25, 0.3) is 5.91 Å². The maximum atomic E-state index is 12.6. The molecule has 0 aromatic heterocycles. The van der Waals surface area contributed by atoms with Gasteiger partial charge >= 0.3 is 5.97 Å². The Bertz CT molecular complexity index is 611. The lowest BCUT2D eigenvalue weighted by molar-refractivity contribution is -0.138. The molecule has 2 rings (SSSR count). The number of anilines is 1. The number of carbonyl (C=O) groups excluding carboxylic acids is 2. The molecule has 24 heavy (non-hydrogen) atoms. The monoisotopic (exact) mass is 335 g/mol. The van der Waals surface area contributed by atoms with Crippen LogP contribution in [0, 0.1) is 5.92 Å². The normalized spacial score (nSPS) is 16.2. The third-order valence-corrected chi connectivity index (χ3v) is 4.34. The molecular weight excluding hydrogens is 310 g/mol. The summed E-state index contributed by atoms with van der Waals surface area (Å²) in [5.74, 6) is -0.0485. The van der Waals surface area contributed by atoms with Gasteiger partial charge in [0.1, 0.15) is 16.9 Å². The van der Waals surface area contributed by atoms with Gasteiger partial charge in [-0.05, 0) is 50.3 Å². The topological polar surface area (TPSA) is 73.9 Å². The van der Waals surface area contributed by atoms with E-state index in [-0.39, 0.29) is 17.4 Å². The highest BCUT2D eigenvalue weighted by Crippen LogP contribution is 2.42. The Morgan fingerprint density at radius 3 is 2.54 bits per heavy atom. The summed E-state index contributed by atoms with van der Waals surface area (Å²) in [6.45, 7) is 4.27. The number of methoxy groups -OCH3 is 2. The number of benzene rings is 1. The molecule has 6 nitrogen and oxygen atoms in total. The van der Waals surface area contributed by atoms with E-state index >= 15 is 0 Å². The van der Waals surface area contributed by atoms with Gasteiger partial charge in [-0.25, -0.2) is 4.79 Å². The summed E-state index contributed by atoms with van der Waals surface area (Å²) in [4.78, 5) is 24.5. The second-order valence-corrected chi connectivity index (χ2v) is 6.09. The van der Waals surface area contributed by atoms with Crippen LogP contribution in [0.25, 0.3) is 0 Å². The number of hydrogen-bond acceptors (Lipinski definition) is 5. The van der Waals surface area contributed by atoms with Crippen molar-refractivity contribution in [2.75, 3.05) is 26.1 Å². The number of hydrogen-bond donors (Lipinski definition) is 1. The number of amides is 1. The van der Waals surface area contributed by atoms with Crippen LogP contribution in [0.5, 0.6) is 5.75 Å². The molecule has 1 amide bonds. The molecule has 6 heteroatoms. The average Bonchev–Trinajstić information content (AvgIpc) is 3.44. The van der Waals surface area contributed by atoms with Gasteiger partial charge in [0.15, 0.2) is 0 Å². The first-order valence-corrected chi connectivity index (χ1v) is 8.18. The van der Waals surface area contributed by atoms with Gasteiger partial charge < -0.3 is 19.5 Å². The van der Waals surface area contributed by atoms with Crippen molar-refractivity contribution in [2.45, 2.75) is 38.7 Å². The summed E-state index contributed by atoms with van der Waals surface area (Å²) in [6.07, 6.45) is 2.79. The van der Waals surface area contributed by atoms with Crippen molar-refractivity contribution in [1.29, 1.82) is 0 Å². The van der Waals surface area contributed by atoms with E-state index in [1.165, 1.54) is 7.11 Å². The average molecular weight is 335 g/mol. The Labute approximate surface area is 142 Å². The lowest BCUT2D eigenvalue weighted by atomic mass is 9.99. The highest BCUT2D eigenvalue weighted by atomic mass is 16.5. The molecule has 1 N–H and O–H groups in total. The molecule has 0 heterocycles. The standard InChI is InChI=1S/C18H25NO5/c1-5-10-24-15-9-8-13(11-14(15)16(20)22-3)19-17(21)18(2,23-4)12-6-7-12/h8-9,11-12H,5-7,10H2,1-4H3,(H,19,21)/t18-/m1/s1. The molecule has 0 unspecified atom stereocenters. The fraction of sp³-hybridized carbons (Fsp3) is 0.556. The fourth-order valence-corrected chi connectivity index (χ4v) is 2.55. The SMILES string of the molecule is CCCOc1ccc(NC(=O)[C@](C)(OC)C2CC2)cc1C(=O)OC. The summed E-state index contributed by atoms with van der Waals surface area (Å²) >= 11 is 0. The zero-order valence-electron chi connectivity index (χ0n) is 14.7. The highest BCUT2D eigenvalue weighted by Gasteiger charge is 2.47. The Morgan fingerprint density at radius 2 is 2.00 bits per heavy atom. The maximum Gasteiger partial charge on any atom is 0.341 e. The molecule has 1 aromatic rings. The Kier molecular flexibility index (Phi) is 5.83. The number of esters is 1. The van der Waals surface area contributed by atoms with Gasteiger partial charge in [-0.2, -0.15) is 0 Å². The fourth-order valence-electron chi connectivity index (χ4n) is 2.55.